The average Bonchev–Trinajstić information content (AvgIpc) is 3.06. The van der Waals surface area contributed by atoms with E-state index in [-0.39, 0.29) is 10.7 Å². The number of likely N-dealkylation sites (tertiary alicyclic amines) is 1. The van der Waals surface area contributed by atoms with E-state index in [2.05, 4.69) is 22.0 Å². The summed E-state index contributed by atoms with van der Waals surface area (Å²) < 4.78 is 6.09. The van der Waals surface area contributed by atoms with Crippen LogP contribution < -0.4 is 4.74 Å². The Bertz CT molecular complexity index is 1420. The van der Waals surface area contributed by atoms with Crippen LogP contribution in [0.2, 0.25) is 5.02 Å². The summed E-state index contributed by atoms with van der Waals surface area (Å²) >= 11 is 5.96. The van der Waals surface area contributed by atoms with E-state index in [9.17, 15) is 20.3 Å². The van der Waals surface area contributed by atoms with Crippen molar-refractivity contribution in [3.05, 3.63) is 104 Å². The zero-order valence-corrected chi connectivity index (χ0v) is 22.8. The predicted octanol–water partition coefficient (Wildman–Crippen LogP) is 5.57. The van der Waals surface area contributed by atoms with Crippen molar-refractivity contribution in [1.29, 1.82) is 0 Å². The van der Waals surface area contributed by atoms with Crippen molar-refractivity contribution >= 4 is 22.9 Å². The second-order valence-electron chi connectivity index (χ2n) is 10.8. The molecule has 1 aromatic heterocycles. The van der Waals surface area contributed by atoms with Gasteiger partial charge in [0.15, 0.2) is 0 Å². The molecule has 0 saturated carbocycles. The highest BCUT2D eigenvalue weighted by Crippen LogP contribution is 2.39. The quantitative estimate of drug-likeness (QED) is 0.305. The number of piperidine rings is 1. The van der Waals surface area contributed by atoms with Crippen molar-refractivity contribution in [2.45, 2.75) is 50.9 Å². The summed E-state index contributed by atoms with van der Waals surface area (Å²) in [5, 5.41) is 33.3. The predicted molar refractivity (Wildman–Crippen MR) is 150 cm³/mol. The fourth-order valence-corrected chi connectivity index (χ4v) is 5.51. The van der Waals surface area contributed by atoms with Crippen LogP contribution in [0.4, 0.5) is 5.69 Å². The Hall–Kier alpha value is -3.30. The standard InChI is InChI=1S/C30H32ClN3O5/c1-29(2,35)20-8-10-28-24(17-20)22(23-5-3-13-32-26(23)19-39-28)6-4-14-33-15-11-30(36,12-16-33)21-7-9-25(31)27(18-21)34(37)38/h3,5-10,13,17-18,35-36H,4,11-12,14-16,19H2,1-2H3/b22-6-. The lowest BCUT2D eigenvalue weighted by Gasteiger charge is -2.38. The van der Waals surface area contributed by atoms with Gasteiger partial charge in [-0.1, -0.05) is 35.9 Å². The largest absolute Gasteiger partial charge is 0.487 e. The normalized spacial score (nSPS) is 18.1. The molecule has 0 unspecified atom stereocenters. The van der Waals surface area contributed by atoms with E-state index in [1.54, 1.807) is 26.1 Å². The highest BCUT2D eigenvalue weighted by atomic mass is 35.5. The second-order valence-corrected chi connectivity index (χ2v) is 11.2. The lowest BCUT2D eigenvalue weighted by atomic mass is 9.84. The zero-order valence-electron chi connectivity index (χ0n) is 22.1. The molecule has 8 nitrogen and oxygen atoms in total. The molecule has 2 aliphatic heterocycles. The molecule has 2 N–H and O–H groups in total. The van der Waals surface area contributed by atoms with E-state index >= 15 is 0 Å². The number of nitrogens with zero attached hydrogens (tertiary/aromatic N) is 3. The van der Waals surface area contributed by atoms with Crippen molar-refractivity contribution in [3.8, 4) is 5.75 Å². The first-order valence-corrected chi connectivity index (χ1v) is 13.5. The van der Waals surface area contributed by atoms with Gasteiger partial charge in [0, 0.05) is 43.0 Å². The number of benzene rings is 2. The first-order valence-electron chi connectivity index (χ1n) is 13.1. The molecule has 0 aliphatic carbocycles. The molecule has 39 heavy (non-hydrogen) atoms. The third-order valence-corrected chi connectivity index (χ3v) is 8.00. The minimum Gasteiger partial charge on any atom is -0.487 e. The van der Waals surface area contributed by atoms with Gasteiger partial charge in [0.25, 0.3) is 5.69 Å². The van der Waals surface area contributed by atoms with Crippen LogP contribution in [0.1, 0.15) is 61.1 Å². The van der Waals surface area contributed by atoms with Crippen LogP contribution in [0.3, 0.4) is 0 Å². The molecular formula is C30H32ClN3O5. The summed E-state index contributed by atoms with van der Waals surface area (Å²) in [6.07, 6.45) is 5.68. The van der Waals surface area contributed by atoms with Crippen LogP contribution in [0.5, 0.6) is 5.75 Å². The third kappa shape index (κ3) is 5.70. The SMILES string of the molecule is CC(C)(O)c1ccc2c(c1)/C(=C\CCN1CCC(O)(c3ccc(Cl)c([N+](=O)[O-])c3)CC1)c1cccnc1CO2. The van der Waals surface area contributed by atoms with E-state index in [0.717, 1.165) is 46.7 Å². The van der Waals surface area contributed by atoms with Gasteiger partial charge >= 0.3 is 0 Å². The van der Waals surface area contributed by atoms with Gasteiger partial charge in [-0.2, -0.15) is 0 Å². The highest BCUT2D eigenvalue weighted by molar-refractivity contribution is 6.32. The van der Waals surface area contributed by atoms with E-state index in [4.69, 9.17) is 16.3 Å². The van der Waals surface area contributed by atoms with Crippen LogP contribution in [0.15, 0.2) is 60.8 Å². The van der Waals surface area contributed by atoms with Crippen molar-refractivity contribution in [1.82, 2.24) is 9.88 Å². The number of nitro benzene ring substituents is 1. The lowest BCUT2D eigenvalue weighted by Crippen LogP contribution is -2.42. The minimum atomic E-state index is -1.13. The number of fused-ring (bicyclic) bond motifs is 2. The average molecular weight is 550 g/mol. The van der Waals surface area contributed by atoms with Crippen LogP contribution in [0.25, 0.3) is 5.57 Å². The van der Waals surface area contributed by atoms with E-state index < -0.39 is 16.1 Å². The smallest absolute Gasteiger partial charge is 0.288 e. The fourth-order valence-electron chi connectivity index (χ4n) is 5.32. The number of pyridine rings is 1. The number of ether oxygens (including phenoxy) is 1. The summed E-state index contributed by atoms with van der Waals surface area (Å²) in [5.74, 6) is 0.757. The molecule has 0 bridgehead atoms. The lowest BCUT2D eigenvalue weighted by molar-refractivity contribution is -0.384. The maximum Gasteiger partial charge on any atom is 0.288 e. The van der Waals surface area contributed by atoms with Gasteiger partial charge in [-0.3, -0.25) is 15.1 Å². The van der Waals surface area contributed by atoms with Crippen molar-refractivity contribution in [2.24, 2.45) is 0 Å². The van der Waals surface area contributed by atoms with Gasteiger partial charge < -0.3 is 19.8 Å². The minimum absolute atomic E-state index is 0.0646. The molecule has 0 atom stereocenters. The molecule has 3 heterocycles. The number of hydrogen-bond acceptors (Lipinski definition) is 7. The molecular weight excluding hydrogens is 518 g/mol. The number of hydrogen-bond donors (Lipinski definition) is 2. The Morgan fingerprint density at radius 2 is 1.95 bits per heavy atom. The third-order valence-electron chi connectivity index (χ3n) is 7.68. The topological polar surface area (TPSA) is 109 Å². The van der Waals surface area contributed by atoms with Gasteiger partial charge in [0.2, 0.25) is 0 Å². The molecule has 0 amide bonds. The summed E-state index contributed by atoms with van der Waals surface area (Å²) in [6.45, 7) is 6.02. The highest BCUT2D eigenvalue weighted by Gasteiger charge is 2.35. The molecule has 9 heteroatoms. The Morgan fingerprint density at radius 3 is 2.67 bits per heavy atom. The molecule has 5 rings (SSSR count). The summed E-state index contributed by atoms with van der Waals surface area (Å²) in [4.78, 5) is 17.6. The Labute approximate surface area is 232 Å². The van der Waals surface area contributed by atoms with Gasteiger partial charge in [0.05, 0.1) is 21.8 Å². The number of nitro groups is 1. The number of aliphatic hydroxyl groups is 2. The van der Waals surface area contributed by atoms with Gasteiger partial charge in [-0.25, -0.2) is 0 Å². The molecule has 1 fully saturated rings. The van der Waals surface area contributed by atoms with E-state index in [1.165, 1.54) is 12.1 Å². The summed E-state index contributed by atoms with van der Waals surface area (Å²) in [7, 11) is 0. The molecule has 2 aliphatic rings. The van der Waals surface area contributed by atoms with Crippen molar-refractivity contribution in [2.75, 3.05) is 19.6 Å². The van der Waals surface area contributed by atoms with Crippen molar-refractivity contribution < 1.29 is 19.9 Å². The number of aromatic nitrogens is 1. The van der Waals surface area contributed by atoms with Gasteiger partial charge in [-0.15, -0.1) is 0 Å². The number of halogens is 1. The Balaban J connectivity index is 1.33. The second kappa shape index (κ2) is 10.7. The Morgan fingerprint density at radius 1 is 1.18 bits per heavy atom. The van der Waals surface area contributed by atoms with Crippen LogP contribution in [-0.4, -0.2) is 44.7 Å². The zero-order chi connectivity index (χ0) is 27.8. The van der Waals surface area contributed by atoms with Gasteiger partial charge in [0.1, 0.15) is 17.4 Å². The van der Waals surface area contributed by atoms with Crippen LogP contribution in [0, 0.1) is 10.1 Å². The molecule has 0 spiro atoms. The van der Waals surface area contributed by atoms with Crippen molar-refractivity contribution in [3.63, 3.8) is 0 Å². The Kier molecular flexibility index (Phi) is 7.48. The van der Waals surface area contributed by atoms with Gasteiger partial charge in [-0.05, 0) is 74.1 Å². The molecule has 3 aromatic rings. The molecule has 0 radical (unpaired) electrons. The van der Waals surface area contributed by atoms with Crippen LogP contribution in [-0.2, 0) is 17.8 Å². The molecule has 2 aromatic carbocycles. The maximum atomic E-state index is 11.3. The van der Waals surface area contributed by atoms with E-state index in [0.29, 0.717) is 38.1 Å². The van der Waals surface area contributed by atoms with Crippen LogP contribution >= 0.6 is 11.6 Å². The summed E-state index contributed by atoms with van der Waals surface area (Å²) in [5.41, 5.74) is 2.87. The van der Waals surface area contributed by atoms with E-state index in [1.807, 2.05) is 24.3 Å². The first-order chi connectivity index (χ1) is 18.5. The maximum absolute atomic E-state index is 11.3. The monoisotopic (exact) mass is 549 g/mol. The molecule has 204 valence electrons. The fraction of sp³-hybridized carbons (Fsp3) is 0.367. The first kappa shape index (κ1) is 27.3. The summed E-state index contributed by atoms with van der Waals surface area (Å²) in [6, 6.07) is 14.3. The molecule has 1 saturated heterocycles. The number of rotatable bonds is 6.